The number of carbonyl (C=O) groups is 1. The SMILES string of the molecule is Cc1ccc2[nH]c3c(c2c1)CCN(C(=O)C1CCCCC1)CC3. The summed E-state index contributed by atoms with van der Waals surface area (Å²) in [4.78, 5) is 18.5. The predicted molar refractivity (Wildman–Crippen MR) is 93.6 cm³/mol. The molecule has 3 heteroatoms. The van der Waals surface area contributed by atoms with Crippen LogP contribution < -0.4 is 0 Å². The van der Waals surface area contributed by atoms with Gasteiger partial charge in [0.15, 0.2) is 0 Å². The van der Waals surface area contributed by atoms with Crippen molar-refractivity contribution >= 4 is 16.8 Å². The van der Waals surface area contributed by atoms with Gasteiger partial charge in [-0.05, 0) is 43.9 Å². The number of carbonyl (C=O) groups excluding carboxylic acids is 1. The first kappa shape index (κ1) is 14.8. The summed E-state index contributed by atoms with van der Waals surface area (Å²) in [5.41, 5.74) is 5.32. The van der Waals surface area contributed by atoms with Crippen LogP contribution in [0.2, 0.25) is 0 Å². The number of H-pyrrole nitrogens is 1. The molecule has 2 aliphatic rings. The van der Waals surface area contributed by atoms with E-state index in [1.165, 1.54) is 47.0 Å². The first-order valence-corrected chi connectivity index (χ1v) is 9.11. The summed E-state index contributed by atoms with van der Waals surface area (Å²) in [6, 6.07) is 6.63. The van der Waals surface area contributed by atoms with Gasteiger partial charge in [-0.1, -0.05) is 30.9 Å². The molecule has 23 heavy (non-hydrogen) atoms. The lowest BCUT2D eigenvalue weighted by molar-refractivity contribution is -0.136. The molecule has 1 amide bonds. The molecular weight excluding hydrogens is 284 g/mol. The summed E-state index contributed by atoms with van der Waals surface area (Å²) in [6.07, 6.45) is 7.91. The Morgan fingerprint density at radius 1 is 1.13 bits per heavy atom. The number of aromatic nitrogens is 1. The Morgan fingerprint density at radius 3 is 2.74 bits per heavy atom. The van der Waals surface area contributed by atoms with Gasteiger partial charge in [-0.2, -0.15) is 0 Å². The van der Waals surface area contributed by atoms with Crippen LogP contribution in [0.25, 0.3) is 10.9 Å². The Kier molecular flexibility index (Phi) is 3.88. The summed E-state index contributed by atoms with van der Waals surface area (Å²) in [5.74, 6) is 0.703. The lowest BCUT2D eigenvalue weighted by Crippen LogP contribution is -2.38. The number of aryl methyl sites for hydroxylation is 1. The van der Waals surface area contributed by atoms with Crippen molar-refractivity contribution in [1.82, 2.24) is 9.88 Å². The summed E-state index contributed by atoms with van der Waals surface area (Å²) < 4.78 is 0. The molecule has 1 saturated carbocycles. The number of aromatic amines is 1. The molecule has 122 valence electrons. The zero-order valence-electron chi connectivity index (χ0n) is 14.0. The van der Waals surface area contributed by atoms with E-state index in [-0.39, 0.29) is 0 Å². The summed E-state index contributed by atoms with van der Waals surface area (Å²) >= 11 is 0. The van der Waals surface area contributed by atoms with E-state index in [0.717, 1.165) is 38.8 Å². The molecule has 1 aromatic heterocycles. The van der Waals surface area contributed by atoms with Gasteiger partial charge in [0.25, 0.3) is 0 Å². The minimum Gasteiger partial charge on any atom is -0.358 e. The predicted octanol–water partition coefficient (Wildman–Crippen LogP) is 3.98. The van der Waals surface area contributed by atoms with Crippen LogP contribution in [0.4, 0.5) is 0 Å². The van der Waals surface area contributed by atoms with Crippen molar-refractivity contribution in [3.8, 4) is 0 Å². The third-order valence-corrected chi connectivity index (χ3v) is 5.68. The molecule has 1 aliphatic carbocycles. The number of fused-ring (bicyclic) bond motifs is 3. The highest BCUT2D eigenvalue weighted by Crippen LogP contribution is 2.29. The minimum absolute atomic E-state index is 0.291. The Labute approximate surface area is 138 Å². The molecule has 0 saturated heterocycles. The van der Waals surface area contributed by atoms with E-state index in [1.54, 1.807) is 0 Å². The van der Waals surface area contributed by atoms with Crippen LogP contribution in [0.1, 0.15) is 48.9 Å². The van der Waals surface area contributed by atoms with Gasteiger partial charge in [0.1, 0.15) is 0 Å². The van der Waals surface area contributed by atoms with Crippen LogP contribution >= 0.6 is 0 Å². The zero-order valence-corrected chi connectivity index (χ0v) is 14.0. The molecule has 1 N–H and O–H groups in total. The molecule has 0 atom stereocenters. The van der Waals surface area contributed by atoms with Crippen LogP contribution in [0.3, 0.4) is 0 Å². The minimum atomic E-state index is 0.291. The second kappa shape index (κ2) is 6.03. The van der Waals surface area contributed by atoms with Crippen molar-refractivity contribution in [3.63, 3.8) is 0 Å². The molecular formula is C20H26N2O. The number of benzene rings is 1. The topological polar surface area (TPSA) is 36.1 Å². The molecule has 1 aromatic carbocycles. The molecule has 0 spiro atoms. The monoisotopic (exact) mass is 310 g/mol. The summed E-state index contributed by atoms with van der Waals surface area (Å²) in [5, 5.41) is 1.35. The van der Waals surface area contributed by atoms with Gasteiger partial charge in [0.05, 0.1) is 0 Å². The number of hydrogen-bond donors (Lipinski definition) is 1. The molecule has 2 heterocycles. The Bertz CT molecular complexity index is 725. The lowest BCUT2D eigenvalue weighted by Gasteiger charge is -2.28. The molecule has 0 radical (unpaired) electrons. The van der Waals surface area contributed by atoms with Crippen molar-refractivity contribution in [2.45, 2.75) is 51.9 Å². The van der Waals surface area contributed by atoms with Gasteiger partial charge in [-0.25, -0.2) is 0 Å². The standard InChI is InChI=1S/C20H26N2O/c1-14-7-8-18-17(13-14)16-9-11-22(12-10-19(16)21-18)20(23)15-5-3-2-4-6-15/h7-8,13,15,21H,2-6,9-12H2,1H3. The normalized spacial score (nSPS) is 19.6. The highest BCUT2D eigenvalue weighted by atomic mass is 16.2. The molecule has 3 nitrogen and oxygen atoms in total. The fourth-order valence-corrected chi connectivity index (χ4v) is 4.35. The average molecular weight is 310 g/mol. The number of rotatable bonds is 1. The zero-order chi connectivity index (χ0) is 15.8. The van der Waals surface area contributed by atoms with Crippen LogP contribution in [0.15, 0.2) is 18.2 Å². The largest absolute Gasteiger partial charge is 0.358 e. The molecule has 1 fully saturated rings. The second-order valence-electron chi connectivity index (χ2n) is 7.29. The fraction of sp³-hybridized carbons (Fsp3) is 0.550. The molecule has 4 rings (SSSR count). The maximum Gasteiger partial charge on any atom is 0.225 e. The van der Waals surface area contributed by atoms with Crippen molar-refractivity contribution in [1.29, 1.82) is 0 Å². The van der Waals surface area contributed by atoms with Crippen LogP contribution in [0.5, 0.6) is 0 Å². The van der Waals surface area contributed by atoms with E-state index in [2.05, 4.69) is 35.0 Å². The van der Waals surface area contributed by atoms with E-state index in [9.17, 15) is 4.79 Å². The van der Waals surface area contributed by atoms with E-state index >= 15 is 0 Å². The maximum atomic E-state index is 12.8. The van der Waals surface area contributed by atoms with Gasteiger partial charge in [0.2, 0.25) is 5.91 Å². The number of hydrogen-bond acceptors (Lipinski definition) is 1. The van der Waals surface area contributed by atoms with E-state index in [0.29, 0.717) is 11.8 Å². The van der Waals surface area contributed by atoms with Gasteiger partial charge < -0.3 is 9.88 Å². The van der Waals surface area contributed by atoms with Crippen LogP contribution in [0, 0.1) is 12.8 Å². The quantitative estimate of drug-likeness (QED) is 0.849. The van der Waals surface area contributed by atoms with Crippen molar-refractivity contribution < 1.29 is 4.79 Å². The van der Waals surface area contributed by atoms with Crippen molar-refractivity contribution in [2.75, 3.05) is 13.1 Å². The Morgan fingerprint density at radius 2 is 1.91 bits per heavy atom. The van der Waals surface area contributed by atoms with E-state index < -0.39 is 0 Å². The lowest BCUT2D eigenvalue weighted by atomic mass is 9.88. The van der Waals surface area contributed by atoms with Crippen molar-refractivity contribution in [3.05, 3.63) is 35.0 Å². The third kappa shape index (κ3) is 2.77. The van der Waals surface area contributed by atoms with E-state index in [1.807, 2.05) is 0 Å². The van der Waals surface area contributed by atoms with Gasteiger partial charge in [0, 0.05) is 42.0 Å². The molecule has 0 unspecified atom stereocenters. The fourth-order valence-electron chi connectivity index (χ4n) is 4.35. The number of nitrogens with one attached hydrogen (secondary N) is 1. The first-order chi connectivity index (χ1) is 11.2. The van der Waals surface area contributed by atoms with Gasteiger partial charge in [-0.15, -0.1) is 0 Å². The highest BCUT2D eigenvalue weighted by Gasteiger charge is 2.28. The third-order valence-electron chi connectivity index (χ3n) is 5.68. The van der Waals surface area contributed by atoms with Crippen molar-refractivity contribution in [2.24, 2.45) is 5.92 Å². The summed E-state index contributed by atoms with van der Waals surface area (Å²) in [6.45, 7) is 3.89. The molecule has 0 bridgehead atoms. The smallest absolute Gasteiger partial charge is 0.225 e. The number of nitrogens with zero attached hydrogens (tertiary/aromatic N) is 1. The first-order valence-electron chi connectivity index (χ1n) is 9.11. The highest BCUT2D eigenvalue weighted by molar-refractivity contribution is 5.86. The summed E-state index contributed by atoms with van der Waals surface area (Å²) in [7, 11) is 0. The van der Waals surface area contributed by atoms with E-state index in [4.69, 9.17) is 0 Å². The van der Waals surface area contributed by atoms with Crippen LogP contribution in [-0.2, 0) is 17.6 Å². The Hall–Kier alpha value is -1.77. The molecule has 1 aliphatic heterocycles. The number of amides is 1. The average Bonchev–Trinajstić information content (AvgIpc) is 2.78. The second-order valence-corrected chi connectivity index (χ2v) is 7.29. The Balaban J connectivity index is 1.54. The molecule has 2 aromatic rings. The van der Waals surface area contributed by atoms with Gasteiger partial charge in [-0.3, -0.25) is 4.79 Å². The van der Waals surface area contributed by atoms with Crippen LogP contribution in [-0.4, -0.2) is 28.9 Å². The van der Waals surface area contributed by atoms with Gasteiger partial charge >= 0.3 is 0 Å². The maximum absolute atomic E-state index is 12.8.